The summed E-state index contributed by atoms with van der Waals surface area (Å²) in [6.07, 6.45) is 6.27. The van der Waals surface area contributed by atoms with E-state index in [9.17, 15) is 0 Å². The van der Waals surface area contributed by atoms with Crippen LogP contribution in [0.2, 0.25) is 0 Å². The molecule has 4 heteroatoms. The Kier molecular flexibility index (Phi) is 2.30. The number of aromatic amines is 1. The standard InChI is InChI=1S/C12H14BrN3/c13-8-5-11-10(15-7-8)6-9(16-11)1-2-12(14)3-4-12/h5-7,16H,1-4,14H2. The Labute approximate surface area is 103 Å². The van der Waals surface area contributed by atoms with Crippen LogP contribution in [-0.4, -0.2) is 15.5 Å². The second kappa shape index (κ2) is 3.57. The molecule has 1 aliphatic carbocycles. The van der Waals surface area contributed by atoms with Gasteiger partial charge in [-0.2, -0.15) is 0 Å². The molecule has 2 heterocycles. The monoisotopic (exact) mass is 279 g/mol. The molecular weight excluding hydrogens is 266 g/mol. The molecule has 0 radical (unpaired) electrons. The first-order chi connectivity index (χ1) is 7.65. The van der Waals surface area contributed by atoms with Crippen molar-refractivity contribution in [2.45, 2.75) is 31.2 Å². The van der Waals surface area contributed by atoms with E-state index in [1.54, 1.807) is 0 Å². The number of hydrogen-bond donors (Lipinski definition) is 2. The van der Waals surface area contributed by atoms with Crippen LogP contribution in [0.25, 0.3) is 11.0 Å². The Hall–Kier alpha value is -0.870. The highest BCUT2D eigenvalue weighted by Crippen LogP contribution is 2.36. The topological polar surface area (TPSA) is 54.7 Å². The van der Waals surface area contributed by atoms with Crippen LogP contribution < -0.4 is 5.73 Å². The lowest BCUT2D eigenvalue weighted by molar-refractivity contribution is 0.605. The average molecular weight is 280 g/mol. The van der Waals surface area contributed by atoms with Gasteiger partial charge in [-0.25, -0.2) is 0 Å². The van der Waals surface area contributed by atoms with E-state index in [1.165, 1.54) is 18.5 Å². The summed E-state index contributed by atoms with van der Waals surface area (Å²) in [4.78, 5) is 7.74. The highest BCUT2D eigenvalue weighted by atomic mass is 79.9. The summed E-state index contributed by atoms with van der Waals surface area (Å²) in [5, 5.41) is 0. The van der Waals surface area contributed by atoms with E-state index in [4.69, 9.17) is 5.73 Å². The number of nitrogens with one attached hydrogen (secondary N) is 1. The molecular formula is C12H14BrN3. The largest absolute Gasteiger partial charge is 0.357 e. The molecule has 0 unspecified atom stereocenters. The van der Waals surface area contributed by atoms with Crippen molar-refractivity contribution in [3.05, 3.63) is 28.5 Å². The van der Waals surface area contributed by atoms with Crippen molar-refractivity contribution in [2.24, 2.45) is 5.73 Å². The van der Waals surface area contributed by atoms with Gasteiger partial charge in [-0.05, 0) is 53.7 Å². The molecule has 3 nitrogen and oxygen atoms in total. The summed E-state index contributed by atoms with van der Waals surface area (Å²) in [6.45, 7) is 0. The van der Waals surface area contributed by atoms with Crippen LogP contribution in [0.1, 0.15) is 25.0 Å². The van der Waals surface area contributed by atoms with Crippen LogP contribution in [0.4, 0.5) is 0 Å². The van der Waals surface area contributed by atoms with Crippen molar-refractivity contribution in [3.8, 4) is 0 Å². The highest BCUT2D eigenvalue weighted by molar-refractivity contribution is 9.10. The minimum atomic E-state index is 0.130. The number of H-pyrrole nitrogens is 1. The number of rotatable bonds is 3. The SMILES string of the molecule is NC1(CCc2cc3ncc(Br)cc3[nH]2)CC1. The van der Waals surface area contributed by atoms with Crippen molar-refractivity contribution < 1.29 is 0 Å². The molecule has 0 atom stereocenters. The van der Waals surface area contributed by atoms with E-state index in [0.717, 1.165) is 28.3 Å². The Bertz CT molecular complexity index is 528. The number of nitrogens with two attached hydrogens (primary N) is 1. The minimum Gasteiger partial charge on any atom is -0.357 e. The Morgan fingerprint density at radius 2 is 2.25 bits per heavy atom. The van der Waals surface area contributed by atoms with Gasteiger partial charge in [0.15, 0.2) is 0 Å². The third-order valence-corrected chi connectivity index (χ3v) is 3.71. The van der Waals surface area contributed by atoms with Crippen molar-refractivity contribution in [3.63, 3.8) is 0 Å². The van der Waals surface area contributed by atoms with Crippen molar-refractivity contribution in [1.29, 1.82) is 0 Å². The molecule has 1 saturated carbocycles. The lowest BCUT2D eigenvalue weighted by atomic mass is 10.1. The Balaban J connectivity index is 1.82. The molecule has 16 heavy (non-hydrogen) atoms. The molecule has 0 bridgehead atoms. The van der Waals surface area contributed by atoms with Crippen molar-refractivity contribution >= 4 is 27.0 Å². The number of fused-ring (bicyclic) bond motifs is 1. The summed E-state index contributed by atoms with van der Waals surface area (Å²) in [5.74, 6) is 0. The van der Waals surface area contributed by atoms with Gasteiger partial charge in [0.25, 0.3) is 0 Å². The lowest BCUT2D eigenvalue weighted by Crippen LogP contribution is -2.22. The normalized spacial score (nSPS) is 17.9. The predicted octanol–water partition coefficient (Wildman–Crippen LogP) is 2.75. The smallest absolute Gasteiger partial charge is 0.0882 e. The summed E-state index contributed by atoms with van der Waals surface area (Å²) in [7, 11) is 0. The number of aryl methyl sites for hydroxylation is 1. The molecule has 0 aromatic carbocycles. The van der Waals surface area contributed by atoms with Crippen LogP contribution in [0.15, 0.2) is 22.8 Å². The summed E-state index contributed by atoms with van der Waals surface area (Å²) in [6, 6.07) is 4.18. The van der Waals surface area contributed by atoms with Gasteiger partial charge in [-0.3, -0.25) is 4.98 Å². The Morgan fingerprint density at radius 1 is 1.44 bits per heavy atom. The van der Waals surface area contributed by atoms with Crippen LogP contribution in [0, 0.1) is 0 Å². The zero-order valence-electron chi connectivity index (χ0n) is 8.96. The Morgan fingerprint density at radius 3 is 3.00 bits per heavy atom. The van der Waals surface area contributed by atoms with E-state index in [-0.39, 0.29) is 5.54 Å². The molecule has 2 aromatic rings. The van der Waals surface area contributed by atoms with Crippen molar-refractivity contribution in [2.75, 3.05) is 0 Å². The molecule has 0 spiro atoms. The van der Waals surface area contributed by atoms with Crippen LogP contribution >= 0.6 is 15.9 Å². The third kappa shape index (κ3) is 1.99. The average Bonchev–Trinajstić information content (AvgIpc) is 2.85. The molecule has 84 valence electrons. The van der Waals surface area contributed by atoms with Crippen LogP contribution in [0.5, 0.6) is 0 Å². The van der Waals surface area contributed by atoms with Gasteiger partial charge in [0, 0.05) is 21.9 Å². The summed E-state index contributed by atoms with van der Waals surface area (Å²) in [5.41, 5.74) is 9.56. The molecule has 3 rings (SSSR count). The molecule has 0 aliphatic heterocycles. The predicted molar refractivity (Wildman–Crippen MR) is 68.3 cm³/mol. The first-order valence-electron chi connectivity index (χ1n) is 5.57. The fourth-order valence-corrected chi connectivity index (χ4v) is 2.30. The highest BCUT2D eigenvalue weighted by Gasteiger charge is 2.37. The van der Waals surface area contributed by atoms with Gasteiger partial charge in [0.05, 0.1) is 11.0 Å². The first-order valence-corrected chi connectivity index (χ1v) is 6.36. The van der Waals surface area contributed by atoms with Gasteiger partial charge < -0.3 is 10.7 Å². The van der Waals surface area contributed by atoms with E-state index in [0.29, 0.717) is 0 Å². The van der Waals surface area contributed by atoms with Crippen LogP contribution in [0.3, 0.4) is 0 Å². The van der Waals surface area contributed by atoms with E-state index < -0.39 is 0 Å². The second-order valence-corrected chi connectivity index (χ2v) is 5.66. The molecule has 1 aliphatic rings. The van der Waals surface area contributed by atoms with Gasteiger partial charge in [0.1, 0.15) is 0 Å². The number of nitrogens with zero attached hydrogens (tertiary/aromatic N) is 1. The summed E-state index contributed by atoms with van der Waals surface area (Å²) < 4.78 is 1.01. The van der Waals surface area contributed by atoms with Crippen LogP contribution in [-0.2, 0) is 6.42 Å². The molecule has 2 aromatic heterocycles. The third-order valence-electron chi connectivity index (χ3n) is 3.28. The van der Waals surface area contributed by atoms with E-state index >= 15 is 0 Å². The lowest BCUT2D eigenvalue weighted by Gasteiger charge is -2.05. The van der Waals surface area contributed by atoms with Gasteiger partial charge in [0.2, 0.25) is 0 Å². The maximum absolute atomic E-state index is 6.08. The number of hydrogen-bond acceptors (Lipinski definition) is 2. The first kappa shape index (κ1) is 10.3. The zero-order chi connectivity index (χ0) is 11.2. The van der Waals surface area contributed by atoms with Crippen molar-refractivity contribution in [1.82, 2.24) is 9.97 Å². The molecule has 1 fully saturated rings. The zero-order valence-corrected chi connectivity index (χ0v) is 10.5. The molecule has 0 amide bonds. The number of pyridine rings is 1. The molecule has 0 saturated heterocycles. The maximum atomic E-state index is 6.08. The van der Waals surface area contributed by atoms with Gasteiger partial charge in [-0.1, -0.05) is 0 Å². The fraction of sp³-hybridized carbons (Fsp3) is 0.417. The van der Waals surface area contributed by atoms with E-state index in [2.05, 4.69) is 38.0 Å². The quantitative estimate of drug-likeness (QED) is 0.908. The number of aromatic nitrogens is 2. The summed E-state index contributed by atoms with van der Waals surface area (Å²) >= 11 is 3.42. The minimum absolute atomic E-state index is 0.130. The second-order valence-electron chi connectivity index (χ2n) is 4.74. The maximum Gasteiger partial charge on any atom is 0.0882 e. The molecule has 3 N–H and O–H groups in total. The van der Waals surface area contributed by atoms with Gasteiger partial charge in [-0.15, -0.1) is 0 Å². The fourth-order valence-electron chi connectivity index (χ4n) is 1.97. The van der Waals surface area contributed by atoms with Gasteiger partial charge >= 0.3 is 0 Å². The van der Waals surface area contributed by atoms with E-state index in [1.807, 2.05) is 6.20 Å². The number of halogens is 1.